The average Bonchev–Trinajstić information content (AvgIpc) is 2.71. The van der Waals surface area contributed by atoms with Crippen LogP contribution in [0.3, 0.4) is 0 Å². The highest BCUT2D eigenvalue weighted by molar-refractivity contribution is 4.93. The van der Waals surface area contributed by atoms with Crippen LogP contribution in [0, 0.1) is 17.8 Å². The molecule has 0 aromatic carbocycles. The molecule has 3 fully saturated rings. The lowest BCUT2D eigenvalue weighted by molar-refractivity contribution is 0.248. The Morgan fingerprint density at radius 3 is 2.50 bits per heavy atom. The van der Waals surface area contributed by atoms with E-state index in [0.717, 1.165) is 23.8 Å². The monoisotopic (exact) mass is 194 g/mol. The summed E-state index contributed by atoms with van der Waals surface area (Å²) in [7, 11) is 0. The molecule has 0 heterocycles. The van der Waals surface area contributed by atoms with E-state index in [-0.39, 0.29) is 0 Å². The zero-order valence-electron chi connectivity index (χ0n) is 8.91. The lowest BCUT2D eigenvalue weighted by Crippen LogP contribution is -2.49. The first-order valence-corrected chi connectivity index (χ1v) is 6.30. The minimum Gasteiger partial charge on any atom is -0.328 e. The minimum absolute atomic E-state index is 0.493. The van der Waals surface area contributed by atoms with Crippen molar-refractivity contribution in [3.8, 4) is 0 Å². The van der Waals surface area contributed by atoms with E-state index < -0.39 is 0 Å². The van der Waals surface area contributed by atoms with Gasteiger partial charge in [-0.2, -0.15) is 0 Å². The fourth-order valence-electron chi connectivity index (χ4n) is 3.77. The largest absolute Gasteiger partial charge is 0.328 e. The van der Waals surface area contributed by atoms with E-state index in [9.17, 15) is 0 Å². The van der Waals surface area contributed by atoms with E-state index in [1.807, 2.05) is 0 Å². The molecule has 0 radical (unpaired) electrons. The van der Waals surface area contributed by atoms with Crippen molar-refractivity contribution < 1.29 is 0 Å². The second kappa shape index (κ2) is 3.49. The van der Waals surface area contributed by atoms with E-state index >= 15 is 0 Å². The van der Waals surface area contributed by atoms with E-state index in [1.54, 1.807) is 0 Å². The van der Waals surface area contributed by atoms with Gasteiger partial charge in [-0.25, -0.2) is 0 Å². The van der Waals surface area contributed by atoms with Crippen molar-refractivity contribution >= 4 is 0 Å². The summed E-state index contributed by atoms with van der Waals surface area (Å²) in [5.74, 6) is 3.17. The fraction of sp³-hybridized carbons (Fsp3) is 1.00. The van der Waals surface area contributed by atoms with E-state index in [0.29, 0.717) is 6.04 Å². The van der Waals surface area contributed by atoms with Crippen molar-refractivity contribution in [2.75, 3.05) is 6.54 Å². The molecule has 2 bridgehead atoms. The number of hydrogen-bond donors (Lipinski definition) is 2. The molecule has 0 aliphatic heterocycles. The van der Waals surface area contributed by atoms with Gasteiger partial charge >= 0.3 is 0 Å². The van der Waals surface area contributed by atoms with Crippen molar-refractivity contribution in [2.45, 2.75) is 50.6 Å². The molecule has 0 aromatic heterocycles. The van der Waals surface area contributed by atoms with Gasteiger partial charge in [0.2, 0.25) is 0 Å². The lowest BCUT2D eigenvalue weighted by atomic mass is 9.85. The molecule has 3 unspecified atom stereocenters. The summed E-state index contributed by atoms with van der Waals surface area (Å²) in [5.41, 5.74) is 5.77. The third kappa shape index (κ3) is 1.59. The smallest absolute Gasteiger partial charge is 0.00966 e. The average molecular weight is 194 g/mol. The van der Waals surface area contributed by atoms with Crippen molar-refractivity contribution in [2.24, 2.45) is 23.5 Å². The highest BCUT2D eigenvalue weighted by Gasteiger charge is 2.39. The molecule has 3 atom stereocenters. The number of hydrogen-bond acceptors (Lipinski definition) is 2. The van der Waals surface area contributed by atoms with Crippen molar-refractivity contribution in [1.82, 2.24) is 5.32 Å². The van der Waals surface area contributed by atoms with Gasteiger partial charge in [0.1, 0.15) is 0 Å². The zero-order chi connectivity index (χ0) is 9.54. The van der Waals surface area contributed by atoms with Gasteiger partial charge < -0.3 is 11.1 Å². The van der Waals surface area contributed by atoms with Gasteiger partial charge in [-0.05, 0) is 56.4 Å². The van der Waals surface area contributed by atoms with Crippen LogP contribution in [0.1, 0.15) is 38.5 Å². The summed E-state index contributed by atoms with van der Waals surface area (Å²) < 4.78 is 0. The maximum atomic E-state index is 5.77. The summed E-state index contributed by atoms with van der Waals surface area (Å²) in [5, 5.41) is 3.70. The number of nitrogens with two attached hydrogens (primary N) is 1. The Kier molecular flexibility index (Phi) is 2.29. The highest BCUT2D eigenvalue weighted by Crippen LogP contribution is 2.48. The van der Waals surface area contributed by atoms with Crippen molar-refractivity contribution in [3.05, 3.63) is 0 Å². The molecule has 0 saturated heterocycles. The summed E-state index contributed by atoms with van der Waals surface area (Å²) in [4.78, 5) is 0. The van der Waals surface area contributed by atoms with Crippen LogP contribution in [0.25, 0.3) is 0 Å². The standard InChI is InChI=1S/C12H22N2/c13-11-5-12(6-11)14-7-10-4-8-1-2-9(10)3-8/h8-12,14H,1-7,13H2. The Hall–Kier alpha value is -0.0800. The first-order chi connectivity index (χ1) is 6.81. The molecule has 0 aromatic rings. The van der Waals surface area contributed by atoms with Gasteiger partial charge in [-0.1, -0.05) is 6.42 Å². The predicted molar refractivity (Wildman–Crippen MR) is 57.9 cm³/mol. The van der Waals surface area contributed by atoms with Gasteiger partial charge in [0.05, 0.1) is 0 Å². The van der Waals surface area contributed by atoms with Crippen LogP contribution in [-0.4, -0.2) is 18.6 Å². The summed E-state index contributed by atoms with van der Waals surface area (Å²) in [6, 6.07) is 1.25. The minimum atomic E-state index is 0.493. The number of rotatable bonds is 3. The molecular weight excluding hydrogens is 172 g/mol. The quantitative estimate of drug-likeness (QED) is 0.714. The van der Waals surface area contributed by atoms with Crippen LogP contribution in [0.5, 0.6) is 0 Å². The van der Waals surface area contributed by atoms with Gasteiger partial charge in [-0.3, -0.25) is 0 Å². The number of nitrogens with one attached hydrogen (secondary N) is 1. The fourth-order valence-corrected chi connectivity index (χ4v) is 3.77. The van der Waals surface area contributed by atoms with E-state index in [4.69, 9.17) is 5.73 Å². The number of fused-ring (bicyclic) bond motifs is 2. The van der Waals surface area contributed by atoms with Gasteiger partial charge in [0, 0.05) is 12.1 Å². The molecular formula is C12H22N2. The van der Waals surface area contributed by atoms with Gasteiger partial charge in [0.25, 0.3) is 0 Å². The molecule has 2 heteroatoms. The molecule has 14 heavy (non-hydrogen) atoms. The Morgan fingerprint density at radius 2 is 1.93 bits per heavy atom. The first-order valence-electron chi connectivity index (χ1n) is 6.30. The molecule has 80 valence electrons. The molecule has 3 saturated carbocycles. The predicted octanol–water partition coefficient (Wildman–Crippen LogP) is 1.50. The first kappa shape index (κ1) is 9.17. The van der Waals surface area contributed by atoms with Crippen LogP contribution < -0.4 is 11.1 Å². The maximum Gasteiger partial charge on any atom is 0.00966 e. The van der Waals surface area contributed by atoms with Crippen LogP contribution in [0.4, 0.5) is 0 Å². The normalized spacial score (nSPS) is 50.8. The van der Waals surface area contributed by atoms with Crippen molar-refractivity contribution in [3.63, 3.8) is 0 Å². The van der Waals surface area contributed by atoms with Crippen LogP contribution >= 0.6 is 0 Å². The Bertz CT molecular complexity index is 210. The van der Waals surface area contributed by atoms with E-state index in [2.05, 4.69) is 5.32 Å². The van der Waals surface area contributed by atoms with Gasteiger partial charge in [-0.15, -0.1) is 0 Å². The summed E-state index contributed by atoms with van der Waals surface area (Å²) in [6.07, 6.45) is 8.51. The Balaban J connectivity index is 1.41. The summed E-state index contributed by atoms with van der Waals surface area (Å²) >= 11 is 0. The molecule has 3 N–H and O–H groups in total. The third-order valence-electron chi connectivity index (χ3n) is 4.73. The molecule has 0 spiro atoms. The Labute approximate surface area is 86.6 Å². The SMILES string of the molecule is NC1CC(NCC2CC3CCC2C3)C1. The second-order valence-electron chi connectivity index (χ2n) is 5.77. The molecule has 3 aliphatic rings. The van der Waals surface area contributed by atoms with Crippen LogP contribution in [0.2, 0.25) is 0 Å². The summed E-state index contributed by atoms with van der Waals surface area (Å²) in [6.45, 7) is 1.28. The zero-order valence-corrected chi connectivity index (χ0v) is 8.91. The maximum absolute atomic E-state index is 5.77. The molecule has 3 aliphatic carbocycles. The highest BCUT2D eigenvalue weighted by atomic mass is 15.0. The Morgan fingerprint density at radius 1 is 1.07 bits per heavy atom. The molecule has 2 nitrogen and oxygen atoms in total. The second-order valence-corrected chi connectivity index (χ2v) is 5.77. The molecule has 0 amide bonds. The van der Waals surface area contributed by atoms with Crippen LogP contribution in [-0.2, 0) is 0 Å². The van der Waals surface area contributed by atoms with Gasteiger partial charge in [0.15, 0.2) is 0 Å². The topological polar surface area (TPSA) is 38.0 Å². The van der Waals surface area contributed by atoms with E-state index in [1.165, 1.54) is 45.1 Å². The van der Waals surface area contributed by atoms with Crippen molar-refractivity contribution in [1.29, 1.82) is 0 Å². The third-order valence-corrected chi connectivity index (χ3v) is 4.73. The van der Waals surface area contributed by atoms with Crippen LogP contribution in [0.15, 0.2) is 0 Å². The molecule has 3 rings (SSSR count). The lowest BCUT2D eigenvalue weighted by Gasteiger charge is -2.35.